The van der Waals surface area contributed by atoms with Gasteiger partial charge in [-0.2, -0.15) is 5.10 Å². The Bertz CT molecular complexity index is 349. The molecule has 1 aliphatic carbocycles. The highest BCUT2D eigenvalue weighted by Crippen LogP contribution is 2.27. The zero-order chi connectivity index (χ0) is 13.5. The first-order valence-corrected chi connectivity index (χ1v) is 8.04. The second-order valence-electron chi connectivity index (χ2n) is 5.86. The minimum atomic E-state index is 0.667. The molecule has 2 rings (SSSR count). The molecule has 1 atom stereocenters. The molecule has 3 heteroatoms. The average Bonchev–Trinajstić information content (AvgIpc) is 2.93. The van der Waals surface area contributed by atoms with Gasteiger partial charge in [0.25, 0.3) is 0 Å². The van der Waals surface area contributed by atoms with Gasteiger partial charge in [-0.1, -0.05) is 26.2 Å². The van der Waals surface area contributed by atoms with E-state index >= 15 is 0 Å². The van der Waals surface area contributed by atoms with Crippen molar-refractivity contribution in [2.75, 3.05) is 7.05 Å². The van der Waals surface area contributed by atoms with Gasteiger partial charge < -0.3 is 5.32 Å². The Morgan fingerprint density at radius 1 is 1.37 bits per heavy atom. The van der Waals surface area contributed by atoms with Crippen molar-refractivity contribution >= 4 is 0 Å². The van der Waals surface area contributed by atoms with Crippen LogP contribution in [0.5, 0.6) is 0 Å². The molecule has 1 fully saturated rings. The second-order valence-corrected chi connectivity index (χ2v) is 5.86. The first-order valence-electron chi connectivity index (χ1n) is 8.04. The molecular weight excluding hydrogens is 234 g/mol. The summed E-state index contributed by atoms with van der Waals surface area (Å²) in [4.78, 5) is 0. The van der Waals surface area contributed by atoms with Crippen molar-refractivity contribution in [1.82, 2.24) is 15.1 Å². The Labute approximate surface area is 117 Å². The van der Waals surface area contributed by atoms with Gasteiger partial charge >= 0.3 is 0 Å². The quantitative estimate of drug-likeness (QED) is 0.812. The van der Waals surface area contributed by atoms with Crippen LogP contribution in [0.15, 0.2) is 12.3 Å². The minimum absolute atomic E-state index is 0.667. The van der Waals surface area contributed by atoms with E-state index in [1.807, 2.05) is 0 Å². The van der Waals surface area contributed by atoms with Gasteiger partial charge in [0.1, 0.15) is 0 Å². The molecule has 0 amide bonds. The Hall–Kier alpha value is -0.830. The van der Waals surface area contributed by atoms with E-state index in [1.165, 1.54) is 57.1 Å². The topological polar surface area (TPSA) is 29.9 Å². The van der Waals surface area contributed by atoms with Crippen LogP contribution in [0.2, 0.25) is 0 Å². The molecule has 1 saturated carbocycles. The summed E-state index contributed by atoms with van der Waals surface area (Å²) in [5.74, 6) is 0. The van der Waals surface area contributed by atoms with Crippen molar-refractivity contribution in [1.29, 1.82) is 0 Å². The van der Waals surface area contributed by atoms with Crippen molar-refractivity contribution in [2.24, 2.45) is 0 Å². The highest BCUT2D eigenvalue weighted by molar-refractivity contribution is 5.00. The first kappa shape index (κ1) is 14.6. The number of aryl methyl sites for hydroxylation is 1. The van der Waals surface area contributed by atoms with Gasteiger partial charge in [0.2, 0.25) is 0 Å². The molecule has 1 aromatic heterocycles. The molecule has 0 bridgehead atoms. The number of hydrogen-bond acceptors (Lipinski definition) is 2. The summed E-state index contributed by atoms with van der Waals surface area (Å²) >= 11 is 0. The molecule has 1 aliphatic rings. The molecule has 1 heterocycles. The van der Waals surface area contributed by atoms with Crippen molar-refractivity contribution in [3.05, 3.63) is 18.0 Å². The Morgan fingerprint density at radius 2 is 2.16 bits per heavy atom. The summed E-state index contributed by atoms with van der Waals surface area (Å²) in [5.41, 5.74) is 1.27. The maximum Gasteiger partial charge on any atom is 0.0624 e. The van der Waals surface area contributed by atoms with E-state index in [0.717, 1.165) is 6.42 Å². The molecule has 0 aromatic carbocycles. The van der Waals surface area contributed by atoms with Crippen LogP contribution in [0.1, 0.15) is 70.0 Å². The average molecular weight is 263 g/mol. The van der Waals surface area contributed by atoms with E-state index in [9.17, 15) is 0 Å². The molecule has 19 heavy (non-hydrogen) atoms. The minimum Gasteiger partial charge on any atom is -0.317 e. The maximum atomic E-state index is 4.78. The third-order valence-corrected chi connectivity index (χ3v) is 4.50. The predicted octanol–water partition coefficient (Wildman–Crippen LogP) is 3.71. The van der Waals surface area contributed by atoms with E-state index < -0.39 is 0 Å². The number of hydrogen-bond donors (Lipinski definition) is 1. The Kier molecular flexibility index (Phi) is 5.90. The molecule has 108 valence electrons. The van der Waals surface area contributed by atoms with Crippen molar-refractivity contribution in [2.45, 2.75) is 76.8 Å². The number of aromatic nitrogens is 2. The van der Waals surface area contributed by atoms with Crippen LogP contribution in [0.4, 0.5) is 0 Å². The third kappa shape index (κ3) is 4.34. The van der Waals surface area contributed by atoms with Crippen LogP contribution >= 0.6 is 0 Å². The summed E-state index contributed by atoms with van der Waals surface area (Å²) < 4.78 is 2.23. The van der Waals surface area contributed by atoms with Crippen molar-refractivity contribution in [3.8, 4) is 0 Å². The van der Waals surface area contributed by atoms with Gasteiger partial charge in [-0.3, -0.25) is 4.68 Å². The van der Waals surface area contributed by atoms with Gasteiger partial charge in [-0.15, -0.1) is 0 Å². The fourth-order valence-electron chi connectivity index (χ4n) is 3.14. The number of rotatable bonds is 7. The van der Waals surface area contributed by atoms with Gasteiger partial charge in [0.05, 0.1) is 11.7 Å². The van der Waals surface area contributed by atoms with Gasteiger partial charge in [-0.05, 0) is 51.6 Å². The summed E-state index contributed by atoms with van der Waals surface area (Å²) in [5, 5.41) is 8.15. The largest absolute Gasteiger partial charge is 0.317 e. The monoisotopic (exact) mass is 263 g/mol. The standard InChI is InChI=1S/C16H29N3/c1-3-14(17-2)8-7-9-15-12-13-19(18-15)16-10-5-4-6-11-16/h12-14,16-17H,3-11H2,1-2H3. The number of nitrogens with zero attached hydrogens (tertiary/aromatic N) is 2. The van der Waals surface area contributed by atoms with E-state index in [-0.39, 0.29) is 0 Å². The lowest BCUT2D eigenvalue weighted by atomic mass is 9.96. The molecule has 1 aromatic rings. The Balaban J connectivity index is 1.77. The van der Waals surface area contributed by atoms with E-state index in [0.29, 0.717) is 12.1 Å². The molecular formula is C16H29N3. The van der Waals surface area contributed by atoms with Crippen molar-refractivity contribution in [3.63, 3.8) is 0 Å². The summed E-state index contributed by atoms with van der Waals surface area (Å²) in [6, 6.07) is 3.55. The zero-order valence-corrected chi connectivity index (χ0v) is 12.6. The van der Waals surface area contributed by atoms with E-state index in [4.69, 9.17) is 5.10 Å². The molecule has 0 spiro atoms. The third-order valence-electron chi connectivity index (χ3n) is 4.50. The van der Waals surface area contributed by atoms with Crippen LogP contribution in [0, 0.1) is 0 Å². The molecule has 0 aliphatic heterocycles. The zero-order valence-electron chi connectivity index (χ0n) is 12.6. The van der Waals surface area contributed by atoms with Gasteiger partial charge in [-0.25, -0.2) is 0 Å². The SMILES string of the molecule is CCC(CCCc1ccn(C2CCCCC2)n1)NC. The predicted molar refractivity (Wildman–Crippen MR) is 80.4 cm³/mol. The summed E-state index contributed by atoms with van der Waals surface area (Å²) in [6.45, 7) is 2.25. The highest BCUT2D eigenvalue weighted by atomic mass is 15.3. The maximum absolute atomic E-state index is 4.78. The lowest BCUT2D eigenvalue weighted by Gasteiger charge is -2.21. The molecule has 1 unspecified atom stereocenters. The molecule has 0 radical (unpaired) electrons. The summed E-state index contributed by atoms with van der Waals surface area (Å²) in [7, 11) is 2.06. The fraction of sp³-hybridized carbons (Fsp3) is 0.812. The van der Waals surface area contributed by atoms with Gasteiger partial charge in [0.15, 0.2) is 0 Å². The van der Waals surface area contributed by atoms with E-state index in [1.54, 1.807) is 0 Å². The normalized spacial score (nSPS) is 18.6. The molecule has 1 N–H and O–H groups in total. The second kappa shape index (κ2) is 7.68. The lowest BCUT2D eigenvalue weighted by molar-refractivity contribution is 0.328. The lowest BCUT2D eigenvalue weighted by Crippen LogP contribution is -2.24. The highest BCUT2D eigenvalue weighted by Gasteiger charge is 2.15. The smallest absolute Gasteiger partial charge is 0.0624 e. The first-order chi connectivity index (χ1) is 9.33. The van der Waals surface area contributed by atoms with Crippen LogP contribution in [-0.2, 0) is 6.42 Å². The van der Waals surface area contributed by atoms with Gasteiger partial charge in [0, 0.05) is 12.2 Å². The van der Waals surface area contributed by atoms with E-state index in [2.05, 4.69) is 36.2 Å². The van der Waals surface area contributed by atoms with Crippen LogP contribution in [0.3, 0.4) is 0 Å². The summed E-state index contributed by atoms with van der Waals surface area (Å²) in [6.07, 6.45) is 13.8. The van der Waals surface area contributed by atoms with Crippen LogP contribution in [0.25, 0.3) is 0 Å². The van der Waals surface area contributed by atoms with Crippen LogP contribution < -0.4 is 5.32 Å². The fourth-order valence-corrected chi connectivity index (χ4v) is 3.14. The number of nitrogens with one attached hydrogen (secondary N) is 1. The van der Waals surface area contributed by atoms with Crippen molar-refractivity contribution < 1.29 is 0 Å². The molecule has 3 nitrogen and oxygen atoms in total. The molecule has 0 saturated heterocycles. The van der Waals surface area contributed by atoms with Crippen LogP contribution in [-0.4, -0.2) is 22.9 Å². The Morgan fingerprint density at radius 3 is 2.84 bits per heavy atom.